The lowest BCUT2D eigenvalue weighted by Gasteiger charge is -2.05. The van der Waals surface area contributed by atoms with Gasteiger partial charge in [0.2, 0.25) is 5.76 Å². The lowest BCUT2D eigenvalue weighted by molar-refractivity contribution is 0.0943. The molecule has 0 aliphatic rings. The van der Waals surface area contributed by atoms with E-state index in [1.54, 1.807) is 18.2 Å². The van der Waals surface area contributed by atoms with Crippen molar-refractivity contribution >= 4 is 5.91 Å². The van der Waals surface area contributed by atoms with Crippen molar-refractivity contribution in [2.24, 2.45) is 0 Å². The molecule has 0 saturated heterocycles. The molecule has 0 spiro atoms. The van der Waals surface area contributed by atoms with Crippen LogP contribution in [0.2, 0.25) is 0 Å². The van der Waals surface area contributed by atoms with Crippen LogP contribution in [0.4, 0.5) is 0 Å². The molecule has 0 aliphatic heterocycles. The maximum atomic E-state index is 12.0. The Balaban J connectivity index is 1.57. The number of aryl methyl sites for hydroxylation is 2. The summed E-state index contributed by atoms with van der Waals surface area (Å²) < 4.78 is 12.1. The molecule has 22 heavy (non-hydrogen) atoms. The summed E-state index contributed by atoms with van der Waals surface area (Å²) in [6, 6.07) is 7.03. The first-order valence-corrected chi connectivity index (χ1v) is 6.93. The predicted octanol–water partition coefficient (Wildman–Crippen LogP) is 2.18. The first kappa shape index (κ1) is 14.1. The number of nitrogens with zero attached hydrogens (tertiary/aromatic N) is 3. The second-order valence-corrected chi connectivity index (χ2v) is 4.96. The van der Waals surface area contributed by atoms with Gasteiger partial charge in [0.1, 0.15) is 0 Å². The fourth-order valence-electron chi connectivity index (χ4n) is 2.18. The Morgan fingerprint density at radius 1 is 1.32 bits per heavy atom. The van der Waals surface area contributed by atoms with Crippen LogP contribution in [0.25, 0.3) is 11.5 Å². The number of carbonyl (C=O) groups is 1. The molecule has 0 unspecified atom stereocenters. The zero-order valence-corrected chi connectivity index (χ0v) is 12.4. The monoisotopic (exact) mass is 300 g/mol. The van der Waals surface area contributed by atoms with Gasteiger partial charge in [0.05, 0.1) is 18.5 Å². The molecule has 3 aromatic rings. The van der Waals surface area contributed by atoms with Crippen LogP contribution in [-0.2, 0) is 6.54 Å². The lowest BCUT2D eigenvalue weighted by Crippen LogP contribution is -2.28. The summed E-state index contributed by atoms with van der Waals surface area (Å²) >= 11 is 0. The van der Waals surface area contributed by atoms with Crippen molar-refractivity contribution in [2.75, 3.05) is 6.54 Å². The molecule has 3 heterocycles. The molecule has 0 fully saturated rings. The minimum atomic E-state index is -0.289. The predicted molar refractivity (Wildman–Crippen MR) is 78.2 cm³/mol. The van der Waals surface area contributed by atoms with E-state index in [4.69, 9.17) is 8.94 Å². The Morgan fingerprint density at radius 3 is 2.86 bits per heavy atom. The Hall–Kier alpha value is -2.83. The number of hydrogen-bond acceptors (Lipinski definition) is 5. The number of hydrogen-bond donors (Lipinski definition) is 1. The maximum Gasteiger partial charge on any atom is 0.273 e. The van der Waals surface area contributed by atoms with E-state index in [-0.39, 0.29) is 11.6 Å². The maximum absolute atomic E-state index is 12.0. The molecule has 0 aliphatic carbocycles. The van der Waals surface area contributed by atoms with Gasteiger partial charge in [-0.25, -0.2) is 0 Å². The van der Waals surface area contributed by atoms with E-state index >= 15 is 0 Å². The van der Waals surface area contributed by atoms with E-state index in [1.165, 1.54) is 6.26 Å². The van der Waals surface area contributed by atoms with Crippen molar-refractivity contribution in [3.8, 4) is 11.5 Å². The van der Waals surface area contributed by atoms with Crippen LogP contribution in [-0.4, -0.2) is 27.4 Å². The molecular weight excluding hydrogens is 284 g/mol. The Bertz CT molecular complexity index is 771. The van der Waals surface area contributed by atoms with Crippen molar-refractivity contribution in [1.82, 2.24) is 20.3 Å². The van der Waals surface area contributed by atoms with Gasteiger partial charge in [0.25, 0.3) is 5.91 Å². The summed E-state index contributed by atoms with van der Waals surface area (Å²) in [5.74, 6) is 0.672. The van der Waals surface area contributed by atoms with Gasteiger partial charge in [-0.1, -0.05) is 5.16 Å². The van der Waals surface area contributed by atoms with Crippen LogP contribution >= 0.6 is 0 Å². The molecule has 7 heteroatoms. The number of nitrogens with one attached hydrogen (secondary N) is 1. The third kappa shape index (κ3) is 2.93. The Kier molecular flexibility index (Phi) is 3.78. The van der Waals surface area contributed by atoms with Crippen LogP contribution in [0.1, 0.15) is 21.9 Å². The van der Waals surface area contributed by atoms with Gasteiger partial charge in [-0.05, 0) is 32.0 Å². The summed E-state index contributed by atoms with van der Waals surface area (Å²) in [6.07, 6.45) is 1.53. The fraction of sp³-hybridized carbons (Fsp3) is 0.267. The van der Waals surface area contributed by atoms with E-state index < -0.39 is 0 Å². The van der Waals surface area contributed by atoms with Gasteiger partial charge < -0.3 is 14.3 Å². The van der Waals surface area contributed by atoms with Gasteiger partial charge in [0, 0.05) is 18.3 Å². The van der Waals surface area contributed by atoms with Crippen LogP contribution in [0.15, 0.2) is 39.5 Å². The largest absolute Gasteiger partial charge is 0.461 e. The Morgan fingerprint density at radius 2 is 2.18 bits per heavy atom. The highest BCUT2D eigenvalue weighted by molar-refractivity contribution is 5.92. The highest BCUT2D eigenvalue weighted by atomic mass is 16.5. The lowest BCUT2D eigenvalue weighted by atomic mass is 10.3. The first-order valence-electron chi connectivity index (χ1n) is 6.93. The summed E-state index contributed by atoms with van der Waals surface area (Å²) in [5, 5.41) is 10.9. The average Bonchev–Trinajstić information content (AvgIpc) is 3.19. The number of carbonyl (C=O) groups excluding carboxylic acids is 1. The quantitative estimate of drug-likeness (QED) is 0.780. The van der Waals surface area contributed by atoms with E-state index in [0.29, 0.717) is 24.6 Å². The zero-order valence-electron chi connectivity index (χ0n) is 12.4. The van der Waals surface area contributed by atoms with Gasteiger partial charge in [0.15, 0.2) is 11.5 Å². The van der Waals surface area contributed by atoms with E-state index in [0.717, 1.165) is 11.4 Å². The first-order chi connectivity index (χ1) is 10.6. The van der Waals surface area contributed by atoms with Crippen molar-refractivity contribution in [2.45, 2.75) is 20.4 Å². The SMILES string of the molecule is Cc1cc(C)n(CCNC(=O)c2cc(-c3ccco3)on2)n1. The van der Waals surface area contributed by atoms with Gasteiger partial charge in [-0.15, -0.1) is 0 Å². The molecule has 1 amide bonds. The molecule has 0 saturated carbocycles. The standard InChI is InChI=1S/C15H16N4O3/c1-10-8-11(2)19(17-10)6-5-16-15(20)12-9-14(22-18-12)13-4-3-7-21-13/h3-4,7-9H,5-6H2,1-2H3,(H,16,20). The molecule has 3 rings (SSSR count). The number of aromatic nitrogens is 3. The highest BCUT2D eigenvalue weighted by Crippen LogP contribution is 2.20. The fourth-order valence-corrected chi connectivity index (χ4v) is 2.18. The topological polar surface area (TPSA) is 86.1 Å². The van der Waals surface area contributed by atoms with Crippen molar-refractivity contribution in [3.63, 3.8) is 0 Å². The smallest absolute Gasteiger partial charge is 0.273 e. The molecule has 3 aromatic heterocycles. The number of amides is 1. The van der Waals surface area contributed by atoms with Crippen molar-refractivity contribution in [3.05, 3.63) is 47.6 Å². The van der Waals surface area contributed by atoms with Crippen molar-refractivity contribution in [1.29, 1.82) is 0 Å². The molecule has 114 valence electrons. The highest BCUT2D eigenvalue weighted by Gasteiger charge is 2.14. The molecule has 0 atom stereocenters. The number of rotatable bonds is 5. The van der Waals surface area contributed by atoms with Gasteiger partial charge in [-0.2, -0.15) is 5.10 Å². The third-order valence-corrected chi connectivity index (χ3v) is 3.22. The summed E-state index contributed by atoms with van der Waals surface area (Å²) in [5.41, 5.74) is 2.25. The summed E-state index contributed by atoms with van der Waals surface area (Å²) in [4.78, 5) is 12.0. The zero-order chi connectivity index (χ0) is 15.5. The molecule has 1 N–H and O–H groups in total. The second kappa shape index (κ2) is 5.88. The van der Waals surface area contributed by atoms with Gasteiger partial charge >= 0.3 is 0 Å². The molecule has 0 aromatic carbocycles. The van der Waals surface area contributed by atoms with E-state index in [2.05, 4.69) is 15.6 Å². The average molecular weight is 300 g/mol. The summed E-state index contributed by atoms with van der Waals surface area (Å²) in [7, 11) is 0. The van der Waals surface area contributed by atoms with E-state index in [9.17, 15) is 4.79 Å². The molecule has 0 bridgehead atoms. The molecule has 0 radical (unpaired) electrons. The van der Waals surface area contributed by atoms with Crippen molar-refractivity contribution < 1.29 is 13.7 Å². The summed E-state index contributed by atoms with van der Waals surface area (Å²) in [6.45, 7) is 4.99. The minimum Gasteiger partial charge on any atom is -0.461 e. The normalized spacial score (nSPS) is 10.8. The number of furan rings is 1. The van der Waals surface area contributed by atoms with Gasteiger partial charge in [-0.3, -0.25) is 9.48 Å². The molecule has 7 nitrogen and oxygen atoms in total. The Labute approximate surface area is 126 Å². The minimum absolute atomic E-state index is 0.222. The van der Waals surface area contributed by atoms with Crippen LogP contribution in [0, 0.1) is 13.8 Å². The van der Waals surface area contributed by atoms with Crippen LogP contribution < -0.4 is 5.32 Å². The van der Waals surface area contributed by atoms with E-state index in [1.807, 2.05) is 24.6 Å². The van der Waals surface area contributed by atoms with Crippen LogP contribution in [0.5, 0.6) is 0 Å². The third-order valence-electron chi connectivity index (χ3n) is 3.22. The molecular formula is C15H16N4O3. The second-order valence-electron chi connectivity index (χ2n) is 4.96. The van der Waals surface area contributed by atoms with Crippen LogP contribution in [0.3, 0.4) is 0 Å².